The van der Waals surface area contributed by atoms with Crippen molar-refractivity contribution >= 4 is 17.5 Å². The molecular formula is C19H16FN3O2. The Kier molecular flexibility index (Phi) is 4.35. The fourth-order valence-electron chi connectivity index (χ4n) is 2.52. The predicted octanol–water partition coefficient (Wildman–Crippen LogP) is 3.28. The Morgan fingerprint density at radius 1 is 1.08 bits per heavy atom. The summed E-state index contributed by atoms with van der Waals surface area (Å²) < 4.78 is 15.4. The first-order valence-electron chi connectivity index (χ1n) is 7.60. The monoisotopic (exact) mass is 337 g/mol. The zero-order valence-electron chi connectivity index (χ0n) is 13.5. The van der Waals surface area contributed by atoms with Gasteiger partial charge in [0.25, 0.3) is 11.8 Å². The summed E-state index contributed by atoms with van der Waals surface area (Å²) >= 11 is 0. The van der Waals surface area contributed by atoms with Crippen molar-refractivity contribution in [3.8, 4) is 5.69 Å². The van der Waals surface area contributed by atoms with E-state index in [9.17, 15) is 14.0 Å². The molecule has 1 heterocycles. The SMILES string of the molecule is Cc1ccc(C(=O)Nc2ccc(F)c(C(N)=O)c2)cc1-n1cccc1. The maximum absolute atomic E-state index is 13.5. The normalized spacial score (nSPS) is 10.5. The van der Waals surface area contributed by atoms with Gasteiger partial charge in [-0.25, -0.2) is 4.39 Å². The highest BCUT2D eigenvalue weighted by Gasteiger charge is 2.13. The van der Waals surface area contributed by atoms with Crippen molar-refractivity contribution in [2.45, 2.75) is 6.92 Å². The summed E-state index contributed by atoms with van der Waals surface area (Å²) in [5.74, 6) is -1.98. The first kappa shape index (κ1) is 16.4. The number of aromatic nitrogens is 1. The lowest BCUT2D eigenvalue weighted by atomic mass is 10.1. The Morgan fingerprint density at radius 2 is 1.80 bits per heavy atom. The molecule has 25 heavy (non-hydrogen) atoms. The Balaban J connectivity index is 1.88. The zero-order valence-corrected chi connectivity index (χ0v) is 13.5. The van der Waals surface area contributed by atoms with Gasteiger partial charge in [-0.1, -0.05) is 6.07 Å². The summed E-state index contributed by atoms with van der Waals surface area (Å²) in [4.78, 5) is 23.7. The number of rotatable bonds is 4. The highest BCUT2D eigenvalue weighted by Crippen LogP contribution is 2.19. The molecule has 6 heteroatoms. The van der Waals surface area contributed by atoms with Crippen LogP contribution in [0.2, 0.25) is 0 Å². The lowest BCUT2D eigenvalue weighted by Gasteiger charge is -2.11. The molecule has 0 aliphatic heterocycles. The molecule has 3 N–H and O–H groups in total. The third-order valence-electron chi connectivity index (χ3n) is 3.84. The summed E-state index contributed by atoms with van der Waals surface area (Å²) in [6, 6.07) is 12.8. The molecule has 3 aromatic rings. The van der Waals surface area contributed by atoms with Crippen molar-refractivity contribution < 1.29 is 14.0 Å². The molecule has 0 atom stereocenters. The standard InChI is InChI=1S/C19H16FN3O2/c1-12-4-5-13(10-17(12)23-8-2-3-9-23)19(25)22-14-6-7-16(20)15(11-14)18(21)24/h2-11H,1H3,(H2,21,24)(H,22,25). The van der Waals surface area contributed by atoms with Gasteiger partial charge in [0.05, 0.1) is 5.56 Å². The second-order valence-corrected chi connectivity index (χ2v) is 5.60. The van der Waals surface area contributed by atoms with Crippen molar-refractivity contribution in [3.63, 3.8) is 0 Å². The average Bonchev–Trinajstić information content (AvgIpc) is 3.11. The van der Waals surface area contributed by atoms with E-state index < -0.39 is 11.7 Å². The third kappa shape index (κ3) is 3.42. The predicted molar refractivity (Wildman–Crippen MR) is 93.4 cm³/mol. The number of hydrogen-bond acceptors (Lipinski definition) is 2. The van der Waals surface area contributed by atoms with Gasteiger partial charge in [-0.3, -0.25) is 9.59 Å². The van der Waals surface area contributed by atoms with E-state index in [-0.39, 0.29) is 11.5 Å². The number of nitrogens with one attached hydrogen (secondary N) is 1. The Hall–Kier alpha value is -3.41. The number of benzene rings is 2. The second kappa shape index (κ2) is 6.60. The quantitative estimate of drug-likeness (QED) is 0.766. The van der Waals surface area contributed by atoms with Gasteiger partial charge >= 0.3 is 0 Å². The van der Waals surface area contributed by atoms with Crippen LogP contribution in [0.25, 0.3) is 5.69 Å². The van der Waals surface area contributed by atoms with Gasteiger partial charge in [0.15, 0.2) is 0 Å². The minimum Gasteiger partial charge on any atom is -0.366 e. The molecule has 0 aliphatic rings. The van der Waals surface area contributed by atoms with Crippen LogP contribution < -0.4 is 11.1 Å². The molecule has 0 saturated heterocycles. The number of nitrogens with zero attached hydrogens (tertiary/aromatic N) is 1. The van der Waals surface area contributed by atoms with Crippen LogP contribution in [0.4, 0.5) is 10.1 Å². The van der Waals surface area contributed by atoms with Crippen LogP contribution in [-0.4, -0.2) is 16.4 Å². The number of primary amides is 1. The summed E-state index contributed by atoms with van der Waals surface area (Å²) in [6.07, 6.45) is 3.78. The van der Waals surface area contributed by atoms with Crippen molar-refractivity contribution in [2.75, 3.05) is 5.32 Å². The van der Waals surface area contributed by atoms with Gasteiger partial charge in [0.1, 0.15) is 5.82 Å². The topological polar surface area (TPSA) is 77.1 Å². The summed E-state index contributed by atoms with van der Waals surface area (Å²) in [5.41, 5.74) is 7.49. The van der Waals surface area contributed by atoms with Gasteiger partial charge in [-0.05, 0) is 55.0 Å². The van der Waals surface area contributed by atoms with Crippen molar-refractivity contribution in [2.24, 2.45) is 5.73 Å². The van der Waals surface area contributed by atoms with E-state index in [1.54, 1.807) is 12.1 Å². The lowest BCUT2D eigenvalue weighted by Crippen LogP contribution is -2.16. The van der Waals surface area contributed by atoms with E-state index in [0.29, 0.717) is 11.3 Å². The van der Waals surface area contributed by atoms with E-state index in [4.69, 9.17) is 5.73 Å². The van der Waals surface area contributed by atoms with Crippen molar-refractivity contribution in [3.05, 3.63) is 83.4 Å². The molecule has 0 saturated carbocycles. The first-order chi connectivity index (χ1) is 12.0. The number of anilines is 1. The largest absolute Gasteiger partial charge is 0.366 e. The maximum atomic E-state index is 13.5. The second-order valence-electron chi connectivity index (χ2n) is 5.60. The summed E-state index contributed by atoms with van der Waals surface area (Å²) in [7, 11) is 0. The average molecular weight is 337 g/mol. The number of hydrogen-bond donors (Lipinski definition) is 2. The molecule has 0 unspecified atom stereocenters. The van der Waals surface area contributed by atoms with Crippen LogP contribution in [0.3, 0.4) is 0 Å². The molecule has 2 aromatic carbocycles. The molecule has 0 spiro atoms. The van der Waals surface area contributed by atoms with Crippen LogP contribution in [0.1, 0.15) is 26.3 Å². The molecule has 0 bridgehead atoms. The van der Waals surface area contributed by atoms with Crippen LogP contribution >= 0.6 is 0 Å². The molecule has 3 rings (SSSR count). The molecule has 0 radical (unpaired) electrons. The van der Waals surface area contributed by atoms with Gasteiger partial charge in [-0.2, -0.15) is 0 Å². The number of carbonyl (C=O) groups excluding carboxylic acids is 2. The van der Waals surface area contributed by atoms with E-state index in [1.807, 2.05) is 42.1 Å². The van der Waals surface area contributed by atoms with Crippen LogP contribution in [0, 0.1) is 12.7 Å². The Bertz CT molecular complexity index is 949. The highest BCUT2D eigenvalue weighted by molar-refractivity contribution is 6.05. The molecule has 0 fully saturated rings. The Morgan fingerprint density at radius 3 is 2.48 bits per heavy atom. The van der Waals surface area contributed by atoms with Gasteiger partial charge in [0, 0.05) is 29.3 Å². The highest BCUT2D eigenvalue weighted by atomic mass is 19.1. The number of amides is 2. The van der Waals surface area contributed by atoms with Gasteiger partial charge < -0.3 is 15.6 Å². The molecule has 1 aromatic heterocycles. The van der Waals surface area contributed by atoms with Gasteiger partial charge in [-0.15, -0.1) is 0 Å². The number of halogens is 1. The number of nitrogens with two attached hydrogens (primary N) is 1. The molecule has 5 nitrogen and oxygen atoms in total. The summed E-state index contributed by atoms with van der Waals surface area (Å²) in [6.45, 7) is 1.95. The molecule has 126 valence electrons. The minimum absolute atomic E-state index is 0.269. The van der Waals surface area contributed by atoms with E-state index in [1.165, 1.54) is 12.1 Å². The zero-order chi connectivity index (χ0) is 18.0. The van der Waals surface area contributed by atoms with Gasteiger partial charge in [0.2, 0.25) is 0 Å². The van der Waals surface area contributed by atoms with Crippen molar-refractivity contribution in [1.29, 1.82) is 0 Å². The molecular weight excluding hydrogens is 321 g/mol. The molecule has 2 amide bonds. The minimum atomic E-state index is -0.890. The summed E-state index contributed by atoms with van der Waals surface area (Å²) in [5, 5.41) is 2.65. The smallest absolute Gasteiger partial charge is 0.255 e. The van der Waals surface area contributed by atoms with Crippen LogP contribution in [0.15, 0.2) is 60.9 Å². The molecule has 0 aliphatic carbocycles. The number of aryl methyl sites for hydroxylation is 1. The van der Waals surface area contributed by atoms with Crippen molar-refractivity contribution in [1.82, 2.24) is 4.57 Å². The fourth-order valence-corrected chi connectivity index (χ4v) is 2.52. The first-order valence-corrected chi connectivity index (χ1v) is 7.60. The third-order valence-corrected chi connectivity index (χ3v) is 3.84. The maximum Gasteiger partial charge on any atom is 0.255 e. The van der Waals surface area contributed by atoms with E-state index in [0.717, 1.165) is 17.3 Å². The fraction of sp³-hybridized carbons (Fsp3) is 0.0526. The lowest BCUT2D eigenvalue weighted by molar-refractivity contribution is 0.0992. The Labute approximate surface area is 143 Å². The van der Waals surface area contributed by atoms with E-state index >= 15 is 0 Å². The van der Waals surface area contributed by atoms with Crippen LogP contribution in [0.5, 0.6) is 0 Å². The van der Waals surface area contributed by atoms with Crippen LogP contribution in [-0.2, 0) is 0 Å². The van der Waals surface area contributed by atoms with E-state index in [2.05, 4.69) is 5.32 Å². The number of carbonyl (C=O) groups is 2.